The van der Waals surface area contributed by atoms with Crippen molar-refractivity contribution in [1.82, 2.24) is 14.9 Å². The van der Waals surface area contributed by atoms with Gasteiger partial charge in [0, 0.05) is 18.8 Å². The van der Waals surface area contributed by atoms with Crippen molar-refractivity contribution in [3.63, 3.8) is 0 Å². The van der Waals surface area contributed by atoms with Gasteiger partial charge in [-0.1, -0.05) is 23.7 Å². The minimum atomic E-state index is -1.38. The van der Waals surface area contributed by atoms with E-state index in [4.69, 9.17) is 16.3 Å². The minimum Gasteiger partial charge on any atom is -0.444 e. The van der Waals surface area contributed by atoms with Crippen LogP contribution in [0.25, 0.3) is 11.0 Å². The first-order chi connectivity index (χ1) is 12.7. The quantitative estimate of drug-likeness (QED) is 0.764. The topological polar surface area (TPSA) is 72.4 Å². The van der Waals surface area contributed by atoms with Gasteiger partial charge < -0.3 is 9.64 Å². The van der Waals surface area contributed by atoms with Crippen LogP contribution in [0.5, 0.6) is 0 Å². The van der Waals surface area contributed by atoms with Crippen molar-refractivity contribution in [2.24, 2.45) is 5.92 Å². The molecule has 0 bridgehead atoms. The number of hydrogen-bond donors (Lipinski definition) is 0. The Kier molecular flexibility index (Phi) is 6.01. The molecule has 0 radical (unpaired) electrons. The number of halogens is 1. The van der Waals surface area contributed by atoms with Crippen molar-refractivity contribution < 1.29 is 13.7 Å². The number of piperidine rings is 1. The van der Waals surface area contributed by atoms with Crippen LogP contribution in [-0.4, -0.2) is 49.6 Å². The fraction of sp³-hybridized carbons (Fsp3) is 0.526. The summed E-state index contributed by atoms with van der Waals surface area (Å²) in [4.78, 5) is 22.7. The zero-order valence-electron chi connectivity index (χ0n) is 15.8. The van der Waals surface area contributed by atoms with Crippen LogP contribution < -0.4 is 0 Å². The number of nitrogens with zero attached hydrogens (tertiary/aromatic N) is 3. The number of carbonyl (C=O) groups is 1. The average molecular weight is 410 g/mol. The minimum absolute atomic E-state index is 0.108. The molecule has 3 rings (SSSR count). The van der Waals surface area contributed by atoms with Crippen molar-refractivity contribution in [3.8, 4) is 0 Å². The number of fused-ring (bicyclic) bond motifs is 1. The zero-order valence-corrected chi connectivity index (χ0v) is 17.3. The molecule has 0 unspecified atom stereocenters. The number of para-hydroxylation sites is 2. The van der Waals surface area contributed by atoms with Gasteiger partial charge in [0.1, 0.15) is 5.60 Å². The molecule has 1 aliphatic rings. The van der Waals surface area contributed by atoms with E-state index in [-0.39, 0.29) is 17.2 Å². The number of carbonyl (C=O) groups excluding carboxylic acids is 1. The van der Waals surface area contributed by atoms with Crippen molar-refractivity contribution in [3.05, 3.63) is 29.4 Å². The number of hydrogen-bond acceptors (Lipinski definition) is 5. The third-order valence-corrected chi connectivity index (χ3v) is 6.14. The van der Waals surface area contributed by atoms with Gasteiger partial charge in [0.15, 0.2) is 10.2 Å². The van der Waals surface area contributed by atoms with E-state index in [1.54, 1.807) is 4.90 Å². The summed E-state index contributed by atoms with van der Waals surface area (Å²) >= 11 is 6.22. The lowest BCUT2D eigenvalue weighted by Gasteiger charge is -2.33. The molecule has 2 atom stereocenters. The van der Waals surface area contributed by atoms with E-state index in [1.165, 1.54) is 0 Å². The third-order valence-electron chi connectivity index (χ3n) is 4.27. The van der Waals surface area contributed by atoms with Gasteiger partial charge in [-0.15, -0.1) is 0 Å². The number of benzene rings is 1. The molecule has 6 nitrogen and oxygen atoms in total. The Balaban J connectivity index is 1.69. The van der Waals surface area contributed by atoms with Crippen LogP contribution >= 0.6 is 11.6 Å². The van der Waals surface area contributed by atoms with Crippen LogP contribution in [0.3, 0.4) is 0 Å². The summed E-state index contributed by atoms with van der Waals surface area (Å²) in [7, 11) is -1.38. The maximum atomic E-state index is 12.9. The highest BCUT2D eigenvalue weighted by Crippen LogP contribution is 2.24. The molecule has 8 heteroatoms. The highest BCUT2D eigenvalue weighted by molar-refractivity contribution is 7.85. The van der Waals surface area contributed by atoms with Gasteiger partial charge in [0.2, 0.25) is 0 Å². The van der Waals surface area contributed by atoms with Gasteiger partial charge in [-0.05, 0) is 51.7 Å². The second kappa shape index (κ2) is 8.10. The highest BCUT2D eigenvalue weighted by Gasteiger charge is 2.29. The first kappa shape index (κ1) is 20.0. The van der Waals surface area contributed by atoms with Crippen molar-refractivity contribution in [1.29, 1.82) is 0 Å². The Bertz CT molecular complexity index is 869. The summed E-state index contributed by atoms with van der Waals surface area (Å²) in [6.45, 7) is 6.74. The van der Waals surface area contributed by atoms with Crippen molar-refractivity contribution >= 4 is 39.5 Å². The predicted octanol–water partition coefficient (Wildman–Crippen LogP) is 4.04. The molecule has 1 amide bonds. The molecular formula is C19H24ClN3O3S. The normalized spacial score (nSPS) is 19.1. The summed E-state index contributed by atoms with van der Waals surface area (Å²) in [6.07, 6.45) is 1.45. The maximum Gasteiger partial charge on any atom is 0.410 e. The van der Waals surface area contributed by atoms with Crippen molar-refractivity contribution in [2.45, 2.75) is 44.2 Å². The Morgan fingerprint density at radius 3 is 2.63 bits per heavy atom. The number of amides is 1. The Morgan fingerprint density at radius 1 is 1.30 bits per heavy atom. The fourth-order valence-electron chi connectivity index (χ4n) is 3.09. The van der Waals surface area contributed by atoms with Crippen LogP contribution in [0, 0.1) is 5.92 Å². The molecule has 146 valence electrons. The average Bonchev–Trinajstić information content (AvgIpc) is 2.60. The lowest BCUT2D eigenvalue weighted by Crippen LogP contribution is -2.44. The molecule has 1 saturated heterocycles. The molecule has 0 aliphatic carbocycles. The first-order valence-corrected chi connectivity index (χ1v) is 10.7. The van der Waals surface area contributed by atoms with Gasteiger partial charge in [-0.25, -0.2) is 14.8 Å². The lowest BCUT2D eigenvalue weighted by molar-refractivity contribution is 0.0176. The zero-order chi connectivity index (χ0) is 19.6. The molecule has 1 aromatic carbocycles. The largest absolute Gasteiger partial charge is 0.444 e. The Labute approximate surface area is 166 Å². The summed E-state index contributed by atoms with van der Waals surface area (Å²) < 4.78 is 18.3. The number of aromatic nitrogens is 2. The maximum absolute atomic E-state index is 12.9. The predicted molar refractivity (Wildman–Crippen MR) is 106 cm³/mol. The molecule has 27 heavy (non-hydrogen) atoms. The summed E-state index contributed by atoms with van der Waals surface area (Å²) in [5.41, 5.74) is 0.822. The van der Waals surface area contributed by atoms with Gasteiger partial charge in [-0.3, -0.25) is 4.21 Å². The Hall–Kier alpha value is -1.73. The van der Waals surface area contributed by atoms with E-state index in [9.17, 15) is 9.00 Å². The molecule has 1 aliphatic heterocycles. The van der Waals surface area contributed by atoms with Crippen LogP contribution in [0.15, 0.2) is 29.3 Å². The molecule has 1 fully saturated rings. The second-order valence-electron chi connectivity index (χ2n) is 7.76. The van der Waals surface area contributed by atoms with Crippen LogP contribution in [0.2, 0.25) is 5.15 Å². The number of rotatable bonds is 3. The van der Waals surface area contributed by atoms with Gasteiger partial charge in [0.25, 0.3) is 0 Å². The van der Waals surface area contributed by atoms with E-state index in [0.29, 0.717) is 34.9 Å². The van der Waals surface area contributed by atoms with Gasteiger partial charge in [-0.2, -0.15) is 0 Å². The number of ether oxygens (including phenoxy) is 1. The smallest absolute Gasteiger partial charge is 0.410 e. The Morgan fingerprint density at radius 2 is 1.96 bits per heavy atom. The standard InChI is InChI=1S/C19H24ClN3O3S/c1-19(2,3)26-18(24)23-10-6-7-13(11-23)12-27(25)17-16(20)21-14-8-4-5-9-15(14)22-17/h4-5,8-9,13H,6-7,10-12H2,1-3H3/t13-,27+/m0/s1. The summed E-state index contributed by atoms with van der Waals surface area (Å²) in [5, 5.41) is 0.483. The van der Waals surface area contributed by atoms with E-state index in [1.807, 2.05) is 45.0 Å². The molecule has 1 aromatic heterocycles. The number of likely N-dealkylation sites (tertiary alicyclic amines) is 1. The van der Waals surface area contributed by atoms with Gasteiger partial charge in [0.05, 0.1) is 21.8 Å². The first-order valence-electron chi connectivity index (χ1n) is 9.01. The molecule has 0 saturated carbocycles. The van der Waals surface area contributed by atoms with Crippen LogP contribution in [0.4, 0.5) is 4.79 Å². The van der Waals surface area contributed by atoms with Crippen LogP contribution in [0.1, 0.15) is 33.6 Å². The second-order valence-corrected chi connectivity index (χ2v) is 9.52. The molecule has 2 heterocycles. The molecule has 0 spiro atoms. The van der Waals surface area contributed by atoms with E-state index in [2.05, 4.69) is 9.97 Å². The molecular weight excluding hydrogens is 386 g/mol. The SMILES string of the molecule is CC(C)(C)OC(=O)N1CCC[C@H](C[S@@](=O)c2nc3ccccc3nc2Cl)C1. The monoisotopic (exact) mass is 409 g/mol. The fourth-order valence-corrected chi connectivity index (χ4v) is 4.78. The molecule has 2 aromatic rings. The van der Waals surface area contributed by atoms with E-state index in [0.717, 1.165) is 12.8 Å². The lowest BCUT2D eigenvalue weighted by atomic mass is 10.0. The van der Waals surface area contributed by atoms with Gasteiger partial charge >= 0.3 is 6.09 Å². The summed E-state index contributed by atoms with van der Waals surface area (Å²) in [5.74, 6) is 0.503. The third kappa shape index (κ3) is 5.17. The van der Waals surface area contributed by atoms with E-state index >= 15 is 0 Å². The highest BCUT2D eigenvalue weighted by atomic mass is 35.5. The summed E-state index contributed by atoms with van der Waals surface area (Å²) in [6, 6.07) is 7.36. The van der Waals surface area contributed by atoms with Crippen LogP contribution in [-0.2, 0) is 15.5 Å². The van der Waals surface area contributed by atoms with Crippen molar-refractivity contribution in [2.75, 3.05) is 18.8 Å². The van der Waals surface area contributed by atoms with E-state index < -0.39 is 16.4 Å². The molecule has 0 N–H and O–H groups in total.